The first-order valence-corrected chi connectivity index (χ1v) is 9.45. The molecule has 2 amide bonds. The molecule has 6 nitrogen and oxygen atoms in total. The number of piperidine rings is 1. The average Bonchev–Trinajstić information content (AvgIpc) is 2.93. The molecule has 3 heterocycles. The summed E-state index contributed by atoms with van der Waals surface area (Å²) in [5, 5.41) is 0. The fourth-order valence-electron chi connectivity index (χ4n) is 4.06. The maximum absolute atomic E-state index is 12.4. The van der Waals surface area contributed by atoms with Gasteiger partial charge in [0.25, 0.3) is 0 Å². The Morgan fingerprint density at radius 2 is 2.00 bits per heavy atom. The van der Waals surface area contributed by atoms with Gasteiger partial charge in [-0.05, 0) is 43.4 Å². The van der Waals surface area contributed by atoms with E-state index in [0.717, 1.165) is 49.7 Å². The summed E-state index contributed by atoms with van der Waals surface area (Å²) in [6.07, 6.45) is 2.38. The summed E-state index contributed by atoms with van der Waals surface area (Å²) in [6, 6.07) is 6.57. The van der Waals surface area contributed by atoms with Gasteiger partial charge in [0.1, 0.15) is 6.61 Å². The number of hydrogen-bond acceptors (Lipinski definition) is 4. The van der Waals surface area contributed by atoms with E-state index < -0.39 is 0 Å². The predicted octanol–water partition coefficient (Wildman–Crippen LogP) is 2.46. The van der Waals surface area contributed by atoms with E-state index in [2.05, 4.69) is 4.90 Å². The second kappa shape index (κ2) is 8.16. The van der Waals surface area contributed by atoms with Gasteiger partial charge >= 0.3 is 6.03 Å². The van der Waals surface area contributed by atoms with Crippen molar-refractivity contribution in [2.24, 2.45) is 5.92 Å². The van der Waals surface area contributed by atoms with Crippen LogP contribution in [0.4, 0.5) is 4.79 Å². The van der Waals surface area contributed by atoms with Crippen molar-refractivity contribution in [1.29, 1.82) is 0 Å². The van der Waals surface area contributed by atoms with Crippen LogP contribution in [0, 0.1) is 12.8 Å². The minimum atomic E-state index is 0.129. The molecule has 3 fully saturated rings. The number of methoxy groups -OCH3 is 1. The van der Waals surface area contributed by atoms with Crippen LogP contribution in [-0.2, 0) is 0 Å². The number of aryl methyl sites for hydroxylation is 1. The second-order valence-electron chi connectivity index (χ2n) is 7.68. The van der Waals surface area contributed by atoms with E-state index in [4.69, 9.17) is 9.47 Å². The lowest BCUT2D eigenvalue weighted by atomic mass is 9.95. The predicted molar refractivity (Wildman–Crippen MR) is 102 cm³/mol. The molecule has 0 aromatic heterocycles. The number of ether oxygens (including phenoxy) is 2. The van der Waals surface area contributed by atoms with E-state index >= 15 is 0 Å². The molecule has 3 aliphatic heterocycles. The van der Waals surface area contributed by atoms with Crippen molar-refractivity contribution >= 4 is 6.03 Å². The van der Waals surface area contributed by atoms with E-state index in [1.807, 2.05) is 44.1 Å². The van der Waals surface area contributed by atoms with E-state index in [1.165, 1.54) is 6.42 Å². The van der Waals surface area contributed by atoms with Gasteiger partial charge in [0.05, 0.1) is 7.11 Å². The van der Waals surface area contributed by atoms with E-state index in [-0.39, 0.29) is 6.03 Å². The molecule has 0 unspecified atom stereocenters. The van der Waals surface area contributed by atoms with Gasteiger partial charge < -0.3 is 19.3 Å². The van der Waals surface area contributed by atoms with Gasteiger partial charge in [-0.2, -0.15) is 0 Å². The highest BCUT2D eigenvalue weighted by Gasteiger charge is 2.36. The molecule has 2 atom stereocenters. The van der Waals surface area contributed by atoms with Crippen LogP contribution in [0.25, 0.3) is 0 Å². The minimum absolute atomic E-state index is 0.129. The van der Waals surface area contributed by atoms with Gasteiger partial charge in [-0.1, -0.05) is 6.07 Å². The molecule has 4 rings (SSSR count). The molecule has 1 aromatic rings. The zero-order valence-corrected chi connectivity index (χ0v) is 16.4. The molecule has 6 heteroatoms. The SMILES string of the molecule is COc1cc(C)ccc1OCCN1C[C@H]2CC[C@@H]1CN(C(=O)N(C)C)C2. The van der Waals surface area contributed by atoms with Crippen LogP contribution in [0.3, 0.4) is 0 Å². The maximum atomic E-state index is 12.4. The number of urea groups is 1. The van der Waals surface area contributed by atoms with Gasteiger partial charge in [-0.25, -0.2) is 4.79 Å². The van der Waals surface area contributed by atoms with E-state index in [9.17, 15) is 4.79 Å². The van der Waals surface area contributed by atoms with Crippen LogP contribution in [-0.4, -0.2) is 80.8 Å². The molecular formula is C20H31N3O3. The third-order valence-corrected chi connectivity index (χ3v) is 5.44. The molecule has 0 radical (unpaired) electrons. The molecule has 3 aliphatic rings. The van der Waals surface area contributed by atoms with Crippen LogP contribution < -0.4 is 9.47 Å². The monoisotopic (exact) mass is 361 g/mol. The Morgan fingerprint density at radius 1 is 1.19 bits per heavy atom. The summed E-state index contributed by atoms with van der Waals surface area (Å²) in [4.78, 5) is 18.6. The number of hydrogen-bond donors (Lipinski definition) is 0. The summed E-state index contributed by atoms with van der Waals surface area (Å²) in [7, 11) is 5.33. The number of fused-ring (bicyclic) bond motifs is 4. The van der Waals surface area contributed by atoms with E-state index in [0.29, 0.717) is 18.6 Å². The quantitative estimate of drug-likeness (QED) is 0.808. The first-order chi connectivity index (χ1) is 12.5. The topological polar surface area (TPSA) is 45.3 Å². The Bertz CT molecular complexity index is 635. The summed E-state index contributed by atoms with van der Waals surface area (Å²) >= 11 is 0. The molecular weight excluding hydrogens is 330 g/mol. The van der Waals surface area contributed by atoms with Crippen LogP contribution in [0.1, 0.15) is 18.4 Å². The maximum Gasteiger partial charge on any atom is 0.319 e. The highest BCUT2D eigenvalue weighted by Crippen LogP contribution is 2.30. The third-order valence-electron chi connectivity index (χ3n) is 5.44. The molecule has 26 heavy (non-hydrogen) atoms. The van der Waals surface area contributed by atoms with Crippen LogP contribution >= 0.6 is 0 Å². The van der Waals surface area contributed by atoms with Crippen LogP contribution in [0.2, 0.25) is 0 Å². The number of carbonyl (C=O) groups is 1. The van der Waals surface area contributed by atoms with Crippen molar-refractivity contribution in [2.75, 3.05) is 54.0 Å². The number of rotatable bonds is 5. The van der Waals surface area contributed by atoms with Gasteiger partial charge in [-0.15, -0.1) is 0 Å². The highest BCUT2D eigenvalue weighted by molar-refractivity contribution is 5.74. The number of amides is 2. The lowest BCUT2D eigenvalue weighted by Crippen LogP contribution is -2.47. The van der Waals surface area contributed by atoms with Gasteiger partial charge in [0, 0.05) is 46.3 Å². The Balaban J connectivity index is 1.57. The third kappa shape index (κ3) is 4.23. The summed E-state index contributed by atoms with van der Waals surface area (Å²) < 4.78 is 11.4. The number of benzene rings is 1. The molecule has 0 aliphatic carbocycles. The van der Waals surface area contributed by atoms with Gasteiger partial charge in [0.15, 0.2) is 11.5 Å². The number of carbonyl (C=O) groups excluding carboxylic acids is 1. The normalized spacial score (nSPS) is 22.8. The fraction of sp³-hybridized carbons (Fsp3) is 0.650. The second-order valence-corrected chi connectivity index (χ2v) is 7.68. The van der Waals surface area contributed by atoms with Gasteiger partial charge in [-0.3, -0.25) is 4.90 Å². The lowest BCUT2D eigenvalue weighted by molar-refractivity contribution is 0.109. The average molecular weight is 361 g/mol. The Morgan fingerprint density at radius 3 is 2.73 bits per heavy atom. The van der Waals surface area contributed by atoms with E-state index in [1.54, 1.807) is 12.0 Å². The Labute approximate surface area is 156 Å². The molecule has 2 bridgehead atoms. The lowest BCUT2D eigenvalue weighted by Gasteiger charge is -2.35. The molecule has 1 aromatic carbocycles. The van der Waals surface area contributed by atoms with Crippen molar-refractivity contribution < 1.29 is 14.3 Å². The molecule has 0 saturated carbocycles. The smallest absolute Gasteiger partial charge is 0.319 e. The zero-order chi connectivity index (χ0) is 18.7. The summed E-state index contributed by atoms with van der Waals surface area (Å²) in [6.45, 7) is 6.29. The van der Waals surface area contributed by atoms with Crippen molar-refractivity contribution in [3.8, 4) is 11.5 Å². The van der Waals surface area contributed by atoms with Crippen molar-refractivity contribution in [3.05, 3.63) is 23.8 Å². The highest BCUT2D eigenvalue weighted by atomic mass is 16.5. The molecule has 144 valence electrons. The molecule has 3 saturated heterocycles. The first kappa shape index (κ1) is 18.8. The zero-order valence-electron chi connectivity index (χ0n) is 16.4. The van der Waals surface area contributed by atoms with Crippen LogP contribution in [0.15, 0.2) is 18.2 Å². The van der Waals surface area contributed by atoms with Crippen molar-refractivity contribution in [3.63, 3.8) is 0 Å². The molecule has 0 N–H and O–H groups in total. The largest absolute Gasteiger partial charge is 0.493 e. The van der Waals surface area contributed by atoms with Crippen molar-refractivity contribution in [1.82, 2.24) is 14.7 Å². The Kier molecular flexibility index (Phi) is 5.91. The number of nitrogens with zero attached hydrogens (tertiary/aromatic N) is 3. The van der Waals surface area contributed by atoms with Crippen molar-refractivity contribution in [2.45, 2.75) is 25.8 Å². The molecule has 0 spiro atoms. The minimum Gasteiger partial charge on any atom is -0.493 e. The summed E-state index contributed by atoms with van der Waals surface area (Å²) in [5.74, 6) is 2.14. The first-order valence-electron chi connectivity index (χ1n) is 9.45. The standard InChI is InChI=1S/C20H31N3O3/c1-15-5-8-18(19(11-15)25-4)26-10-9-22-12-16-6-7-17(22)14-23(13-16)20(24)21(2)3/h5,8,11,16-17H,6-7,9-10,12-14H2,1-4H3/t16-,17-/m1/s1. The Hall–Kier alpha value is -1.95. The fourth-order valence-corrected chi connectivity index (χ4v) is 4.06. The van der Waals surface area contributed by atoms with Crippen LogP contribution in [0.5, 0.6) is 11.5 Å². The summed E-state index contributed by atoms with van der Waals surface area (Å²) in [5.41, 5.74) is 1.16. The van der Waals surface area contributed by atoms with Gasteiger partial charge in [0.2, 0.25) is 0 Å².